The average Bonchev–Trinajstić information content (AvgIpc) is 3.05. The van der Waals surface area contributed by atoms with E-state index in [9.17, 15) is 9.90 Å². The molecule has 0 bridgehead atoms. The lowest BCUT2D eigenvalue weighted by molar-refractivity contribution is 0.102. The van der Waals surface area contributed by atoms with Crippen molar-refractivity contribution in [1.29, 1.82) is 0 Å². The van der Waals surface area contributed by atoms with E-state index in [2.05, 4.69) is 57.4 Å². The van der Waals surface area contributed by atoms with E-state index in [1.54, 1.807) is 18.3 Å². The maximum absolute atomic E-state index is 12.3. The highest BCUT2D eigenvalue weighted by Crippen LogP contribution is 2.30. The Balaban J connectivity index is 1.78. The first-order valence-electron chi connectivity index (χ1n) is 7.42. The van der Waals surface area contributed by atoms with Gasteiger partial charge in [-0.1, -0.05) is 58.5 Å². The van der Waals surface area contributed by atoms with Gasteiger partial charge in [-0.15, -0.1) is 0 Å². The van der Waals surface area contributed by atoms with Crippen LogP contribution in [-0.4, -0.2) is 16.0 Å². The van der Waals surface area contributed by atoms with Gasteiger partial charge in [-0.3, -0.25) is 10.1 Å². The van der Waals surface area contributed by atoms with Gasteiger partial charge in [-0.05, 0) is 35.7 Å². The molecule has 2 aromatic carbocycles. The first kappa shape index (κ1) is 16.7. The van der Waals surface area contributed by atoms with E-state index >= 15 is 0 Å². The van der Waals surface area contributed by atoms with Crippen molar-refractivity contribution < 1.29 is 9.90 Å². The predicted molar refractivity (Wildman–Crippen MR) is 101 cm³/mol. The van der Waals surface area contributed by atoms with Gasteiger partial charge in [0.05, 0.1) is 10.4 Å². The van der Waals surface area contributed by atoms with Crippen LogP contribution in [0.15, 0.2) is 53.1 Å². The van der Waals surface area contributed by atoms with Crippen LogP contribution in [0.1, 0.15) is 22.8 Å². The zero-order valence-corrected chi connectivity index (χ0v) is 15.3. The third-order valence-electron chi connectivity index (χ3n) is 3.58. The quantitative estimate of drug-likeness (QED) is 0.638. The van der Waals surface area contributed by atoms with E-state index in [-0.39, 0.29) is 11.3 Å². The number of rotatable bonds is 4. The summed E-state index contributed by atoms with van der Waals surface area (Å²) in [6.07, 6.45) is 2.74. The molecule has 1 heterocycles. The number of hydrogen-bond donors (Lipinski definition) is 2. The van der Waals surface area contributed by atoms with Gasteiger partial charge < -0.3 is 5.11 Å². The smallest absolute Gasteiger partial charge is 0.261 e. The molecule has 0 aliphatic carbocycles. The van der Waals surface area contributed by atoms with Crippen LogP contribution in [0, 0.1) is 0 Å². The highest BCUT2D eigenvalue weighted by Gasteiger charge is 2.14. The summed E-state index contributed by atoms with van der Waals surface area (Å²) in [5, 5.41) is 13.0. The lowest BCUT2D eigenvalue weighted by Crippen LogP contribution is -2.11. The molecule has 2 N–H and O–H groups in total. The third-order valence-corrected chi connectivity index (χ3v) is 5.03. The molecule has 122 valence electrons. The summed E-state index contributed by atoms with van der Waals surface area (Å²) in [5.74, 6) is -0.460. The average molecular weight is 403 g/mol. The van der Waals surface area contributed by atoms with Crippen molar-refractivity contribution in [1.82, 2.24) is 4.98 Å². The molecule has 0 atom stereocenters. The van der Waals surface area contributed by atoms with Crippen LogP contribution in [0.4, 0.5) is 5.13 Å². The minimum atomic E-state index is -0.393. The summed E-state index contributed by atoms with van der Waals surface area (Å²) < 4.78 is 0.723. The number of carbonyl (C=O) groups is 1. The van der Waals surface area contributed by atoms with Crippen LogP contribution < -0.4 is 5.32 Å². The van der Waals surface area contributed by atoms with Gasteiger partial charge in [-0.2, -0.15) is 0 Å². The number of halogens is 1. The van der Waals surface area contributed by atoms with Crippen molar-refractivity contribution in [2.45, 2.75) is 13.3 Å². The van der Waals surface area contributed by atoms with Crippen LogP contribution in [0.25, 0.3) is 10.4 Å². The fourth-order valence-corrected chi connectivity index (χ4v) is 3.40. The number of aromatic hydroxyl groups is 1. The summed E-state index contributed by atoms with van der Waals surface area (Å²) >= 11 is 4.69. The van der Waals surface area contributed by atoms with Gasteiger partial charge in [0.1, 0.15) is 5.75 Å². The molecule has 0 saturated carbocycles. The Morgan fingerprint density at radius 1 is 1.25 bits per heavy atom. The van der Waals surface area contributed by atoms with E-state index in [0.29, 0.717) is 5.13 Å². The van der Waals surface area contributed by atoms with E-state index in [1.807, 2.05) is 0 Å². The highest BCUT2D eigenvalue weighted by molar-refractivity contribution is 9.10. The molecular formula is C18H15BrN2O2S. The van der Waals surface area contributed by atoms with E-state index in [4.69, 9.17) is 0 Å². The molecule has 1 aromatic heterocycles. The largest absolute Gasteiger partial charge is 0.507 e. The predicted octanol–water partition coefficient (Wildman–Crippen LogP) is 5.09. The molecule has 0 aliphatic rings. The van der Waals surface area contributed by atoms with Crippen LogP contribution in [0.5, 0.6) is 5.75 Å². The summed E-state index contributed by atoms with van der Waals surface area (Å²) in [4.78, 5) is 17.5. The Labute approximate surface area is 152 Å². The van der Waals surface area contributed by atoms with Crippen molar-refractivity contribution in [2.24, 2.45) is 0 Å². The molecule has 6 heteroatoms. The van der Waals surface area contributed by atoms with Gasteiger partial charge in [0, 0.05) is 10.7 Å². The molecule has 24 heavy (non-hydrogen) atoms. The minimum Gasteiger partial charge on any atom is -0.507 e. The topological polar surface area (TPSA) is 62.2 Å². The number of benzene rings is 2. The number of phenols is 1. The Kier molecular flexibility index (Phi) is 4.97. The number of thiazole rings is 1. The van der Waals surface area contributed by atoms with Crippen molar-refractivity contribution in [2.75, 3.05) is 5.32 Å². The summed E-state index contributed by atoms with van der Waals surface area (Å²) in [6, 6.07) is 13.0. The molecule has 4 nitrogen and oxygen atoms in total. The Morgan fingerprint density at radius 3 is 2.71 bits per heavy atom. The lowest BCUT2D eigenvalue weighted by Gasteiger charge is -2.04. The normalized spacial score (nSPS) is 10.6. The summed E-state index contributed by atoms with van der Waals surface area (Å²) in [5.41, 5.74) is 2.55. The third kappa shape index (κ3) is 3.66. The molecular weight excluding hydrogens is 388 g/mol. The van der Waals surface area contributed by atoms with Gasteiger partial charge in [0.15, 0.2) is 5.13 Å². The first-order chi connectivity index (χ1) is 11.6. The minimum absolute atomic E-state index is 0.0670. The Bertz CT molecular complexity index is 875. The molecule has 1 amide bonds. The standard InChI is InChI=1S/C18H15BrN2O2S/c1-2-11-3-5-12(6-4-11)16-10-20-18(24-16)21-17(23)14-9-13(19)7-8-15(14)22/h3-10,22H,2H2,1H3,(H,20,21,23). The zero-order valence-electron chi connectivity index (χ0n) is 12.9. The molecule has 0 radical (unpaired) electrons. The maximum atomic E-state index is 12.3. The van der Waals surface area contributed by atoms with Crippen molar-refractivity contribution >= 4 is 38.3 Å². The van der Waals surface area contributed by atoms with Gasteiger partial charge in [0.2, 0.25) is 0 Å². The number of phenolic OH excluding ortho intramolecular Hbond substituents is 1. The van der Waals surface area contributed by atoms with Crippen molar-refractivity contribution in [3.8, 4) is 16.2 Å². The molecule has 0 fully saturated rings. The fourth-order valence-electron chi connectivity index (χ4n) is 2.22. The number of nitrogens with zero attached hydrogens (tertiary/aromatic N) is 1. The van der Waals surface area contributed by atoms with E-state index in [0.717, 1.165) is 21.3 Å². The van der Waals surface area contributed by atoms with Crippen LogP contribution >= 0.6 is 27.3 Å². The molecule has 0 unspecified atom stereocenters. The SMILES string of the molecule is CCc1ccc(-c2cnc(NC(=O)c3cc(Br)ccc3O)s2)cc1. The van der Waals surface area contributed by atoms with Crippen LogP contribution in [-0.2, 0) is 6.42 Å². The zero-order chi connectivity index (χ0) is 17.1. The monoisotopic (exact) mass is 402 g/mol. The van der Waals surface area contributed by atoms with Gasteiger partial charge in [-0.25, -0.2) is 4.98 Å². The fraction of sp³-hybridized carbons (Fsp3) is 0.111. The second kappa shape index (κ2) is 7.15. The second-order valence-corrected chi connectivity index (χ2v) is 7.14. The molecule has 3 rings (SSSR count). The van der Waals surface area contributed by atoms with Gasteiger partial charge in [0.25, 0.3) is 5.91 Å². The number of aryl methyl sites for hydroxylation is 1. The molecule has 0 saturated heterocycles. The van der Waals surface area contributed by atoms with Crippen LogP contribution in [0.2, 0.25) is 0 Å². The second-order valence-electron chi connectivity index (χ2n) is 5.20. The highest BCUT2D eigenvalue weighted by atomic mass is 79.9. The Morgan fingerprint density at radius 2 is 2.00 bits per heavy atom. The van der Waals surface area contributed by atoms with Crippen molar-refractivity contribution in [3.63, 3.8) is 0 Å². The number of amides is 1. The lowest BCUT2D eigenvalue weighted by atomic mass is 10.1. The maximum Gasteiger partial charge on any atom is 0.261 e. The number of hydrogen-bond acceptors (Lipinski definition) is 4. The van der Waals surface area contributed by atoms with E-state index in [1.165, 1.54) is 23.0 Å². The number of carbonyl (C=O) groups excluding carboxylic acids is 1. The first-order valence-corrected chi connectivity index (χ1v) is 9.02. The summed E-state index contributed by atoms with van der Waals surface area (Å²) in [6.45, 7) is 2.12. The van der Waals surface area contributed by atoms with Crippen LogP contribution in [0.3, 0.4) is 0 Å². The van der Waals surface area contributed by atoms with E-state index < -0.39 is 5.91 Å². The number of anilines is 1. The summed E-state index contributed by atoms with van der Waals surface area (Å²) in [7, 11) is 0. The molecule has 0 spiro atoms. The molecule has 3 aromatic rings. The number of nitrogens with one attached hydrogen (secondary N) is 1. The molecule has 0 aliphatic heterocycles. The number of aromatic nitrogens is 1. The van der Waals surface area contributed by atoms with Crippen molar-refractivity contribution in [3.05, 3.63) is 64.3 Å². The van der Waals surface area contributed by atoms with Gasteiger partial charge >= 0.3 is 0 Å². The Hall–Kier alpha value is -2.18.